The Morgan fingerprint density at radius 3 is 2.67 bits per heavy atom. The SMILES string of the molecule is COON[C@@H](Cc1ccccc1)C(=O)O. The monoisotopic (exact) mass is 211 g/mol. The van der Waals surface area contributed by atoms with Crippen LogP contribution in [0.25, 0.3) is 0 Å². The predicted molar refractivity (Wildman–Crippen MR) is 52.8 cm³/mol. The quantitative estimate of drug-likeness (QED) is 0.537. The number of nitrogens with one attached hydrogen (secondary N) is 1. The number of carboxylic acids is 1. The van der Waals surface area contributed by atoms with E-state index in [-0.39, 0.29) is 0 Å². The second-order valence-electron chi connectivity index (χ2n) is 2.95. The van der Waals surface area contributed by atoms with Gasteiger partial charge in [0.1, 0.15) is 6.04 Å². The standard InChI is InChI=1S/C10H13NO4/c1-14-15-11-9(10(12)13)7-8-5-3-2-4-6-8/h2-6,9,11H,7H2,1H3,(H,12,13)/t9-/m0/s1. The number of carboxylic acid groups (broad SMARTS) is 1. The van der Waals surface area contributed by atoms with Gasteiger partial charge in [-0.05, 0) is 5.56 Å². The average molecular weight is 211 g/mol. The minimum atomic E-state index is -0.990. The molecule has 1 rings (SSSR count). The number of hydrogen-bond donors (Lipinski definition) is 2. The van der Waals surface area contributed by atoms with Crippen molar-refractivity contribution in [2.75, 3.05) is 7.11 Å². The fourth-order valence-corrected chi connectivity index (χ4v) is 1.14. The molecule has 15 heavy (non-hydrogen) atoms. The van der Waals surface area contributed by atoms with Gasteiger partial charge in [0.15, 0.2) is 0 Å². The Kier molecular flexibility index (Phi) is 4.76. The first-order valence-electron chi connectivity index (χ1n) is 4.46. The maximum atomic E-state index is 10.8. The lowest BCUT2D eigenvalue weighted by Gasteiger charge is -2.12. The smallest absolute Gasteiger partial charge is 0.323 e. The van der Waals surface area contributed by atoms with Crippen molar-refractivity contribution in [3.8, 4) is 0 Å². The molecule has 0 aliphatic rings. The largest absolute Gasteiger partial charge is 0.480 e. The zero-order valence-electron chi connectivity index (χ0n) is 8.34. The summed E-state index contributed by atoms with van der Waals surface area (Å²) in [5.41, 5.74) is 3.21. The van der Waals surface area contributed by atoms with Crippen LogP contribution in [0.5, 0.6) is 0 Å². The van der Waals surface area contributed by atoms with Gasteiger partial charge in [0.05, 0.1) is 7.11 Å². The molecule has 0 amide bonds. The van der Waals surface area contributed by atoms with Crippen LogP contribution in [0.3, 0.4) is 0 Å². The van der Waals surface area contributed by atoms with Crippen LogP contribution in [-0.4, -0.2) is 24.2 Å². The summed E-state index contributed by atoms with van der Waals surface area (Å²) in [6.07, 6.45) is 0.333. The van der Waals surface area contributed by atoms with Gasteiger partial charge in [-0.15, -0.1) is 4.99 Å². The van der Waals surface area contributed by atoms with Crippen molar-refractivity contribution in [2.24, 2.45) is 0 Å². The van der Waals surface area contributed by atoms with Crippen LogP contribution in [0.1, 0.15) is 5.56 Å². The van der Waals surface area contributed by atoms with Crippen LogP contribution in [0.2, 0.25) is 0 Å². The third-order valence-electron chi connectivity index (χ3n) is 1.85. The van der Waals surface area contributed by atoms with Crippen molar-refractivity contribution in [3.05, 3.63) is 35.9 Å². The van der Waals surface area contributed by atoms with E-state index in [1.807, 2.05) is 30.3 Å². The fourth-order valence-electron chi connectivity index (χ4n) is 1.14. The summed E-state index contributed by atoms with van der Waals surface area (Å²) < 4.78 is 0. The van der Waals surface area contributed by atoms with Gasteiger partial charge in [-0.2, -0.15) is 5.48 Å². The number of aliphatic carboxylic acids is 1. The molecule has 2 N–H and O–H groups in total. The molecular weight excluding hydrogens is 198 g/mol. The molecule has 0 aromatic heterocycles. The maximum absolute atomic E-state index is 10.8. The molecule has 1 aromatic carbocycles. The molecule has 0 fully saturated rings. The Morgan fingerprint density at radius 1 is 1.47 bits per heavy atom. The fraction of sp³-hybridized carbons (Fsp3) is 0.300. The number of benzene rings is 1. The zero-order chi connectivity index (χ0) is 11.1. The Hall–Kier alpha value is -1.43. The molecule has 5 nitrogen and oxygen atoms in total. The number of hydrogen-bond acceptors (Lipinski definition) is 4. The van der Waals surface area contributed by atoms with E-state index in [0.29, 0.717) is 6.42 Å². The summed E-state index contributed by atoms with van der Waals surface area (Å²) in [7, 11) is 1.30. The van der Waals surface area contributed by atoms with E-state index in [4.69, 9.17) is 5.11 Å². The number of rotatable bonds is 6. The molecule has 5 heteroatoms. The van der Waals surface area contributed by atoms with Gasteiger partial charge in [-0.1, -0.05) is 30.3 Å². The van der Waals surface area contributed by atoms with Gasteiger partial charge in [0.25, 0.3) is 0 Å². The lowest BCUT2D eigenvalue weighted by molar-refractivity contribution is -0.322. The first-order chi connectivity index (χ1) is 7.24. The van der Waals surface area contributed by atoms with Gasteiger partial charge in [-0.3, -0.25) is 4.79 Å². The first-order valence-corrected chi connectivity index (χ1v) is 4.46. The van der Waals surface area contributed by atoms with Crippen molar-refractivity contribution in [3.63, 3.8) is 0 Å². The highest BCUT2D eigenvalue weighted by molar-refractivity contribution is 5.73. The Labute approximate surface area is 87.5 Å². The molecule has 1 atom stereocenters. The molecule has 0 radical (unpaired) electrons. The molecule has 0 bridgehead atoms. The van der Waals surface area contributed by atoms with E-state index in [9.17, 15) is 4.79 Å². The van der Waals surface area contributed by atoms with Crippen LogP contribution in [0, 0.1) is 0 Å². The number of hydroxylamine groups is 1. The lowest BCUT2D eigenvalue weighted by Crippen LogP contribution is -2.38. The van der Waals surface area contributed by atoms with Crippen molar-refractivity contribution < 1.29 is 19.8 Å². The van der Waals surface area contributed by atoms with Crippen molar-refractivity contribution in [2.45, 2.75) is 12.5 Å². The zero-order valence-corrected chi connectivity index (χ0v) is 8.34. The summed E-state index contributed by atoms with van der Waals surface area (Å²) in [4.78, 5) is 19.5. The van der Waals surface area contributed by atoms with Gasteiger partial charge < -0.3 is 5.11 Å². The van der Waals surface area contributed by atoms with Crippen molar-refractivity contribution in [1.82, 2.24) is 5.48 Å². The highest BCUT2D eigenvalue weighted by Crippen LogP contribution is 2.03. The van der Waals surface area contributed by atoms with Crippen molar-refractivity contribution >= 4 is 5.97 Å². The third kappa shape index (κ3) is 4.07. The van der Waals surface area contributed by atoms with Gasteiger partial charge in [0.2, 0.25) is 0 Å². The molecule has 1 aromatic rings. The Balaban J connectivity index is 2.55. The molecule has 0 unspecified atom stereocenters. The maximum Gasteiger partial charge on any atom is 0.323 e. The Bertz CT molecular complexity index is 302. The molecule has 0 saturated carbocycles. The first kappa shape index (κ1) is 11.6. The van der Waals surface area contributed by atoms with E-state index >= 15 is 0 Å². The summed E-state index contributed by atoms with van der Waals surface area (Å²) in [5, 5.41) is 8.86. The predicted octanol–water partition coefficient (Wildman–Crippen LogP) is 0.765. The molecule has 82 valence electrons. The van der Waals surface area contributed by atoms with Crippen LogP contribution in [-0.2, 0) is 21.1 Å². The average Bonchev–Trinajstić information content (AvgIpc) is 2.25. The summed E-state index contributed by atoms with van der Waals surface area (Å²) >= 11 is 0. The van der Waals surface area contributed by atoms with E-state index in [0.717, 1.165) is 5.56 Å². The van der Waals surface area contributed by atoms with Crippen LogP contribution in [0.15, 0.2) is 30.3 Å². The summed E-state index contributed by atoms with van der Waals surface area (Å²) in [6, 6.07) is 8.46. The van der Waals surface area contributed by atoms with Crippen LogP contribution in [0.4, 0.5) is 0 Å². The van der Waals surface area contributed by atoms with E-state index in [2.05, 4.69) is 15.4 Å². The summed E-state index contributed by atoms with van der Waals surface area (Å²) in [5.74, 6) is -0.990. The lowest BCUT2D eigenvalue weighted by atomic mass is 10.1. The third-order valence-corrected chi connectivity index (χ3v) is 1.85. The summed E-state index contributed by atoms with van der Waals surface area (Å²) in [6.45, 7) is 0. The highest BCUT2D eigenvalue weighted by atomic mass is 17.3. The van der Waals surface area contributed by atoms with E-state index < -0.39 is 12.0 Å². The minimum Gasteiger partial charge on any atom is -0.480 e. The minimum absolute atomic E-state index is 0.333. The second kappa shape index (κ2) is 6.13. The molecule has 0 aliphatic carbocycles. The van der Waals surface area contributed by atoms with Crippen LogP contribution < -0.4 is 5.48 Å². The molecule has 0 heterocycles. The van der Waals surface area contributed by atoms with Crippen molar-refractivity contribution in [1.29, 1.82) is 0 Å². The molecule has 0 aliphatic heterocycles. The normalized spacial score (nSPS) is 12.3. The molecule has 0 spiro atoms. The van der Waals surface area contributed by atoms with Gasteiger partial charge in [0, 0.05) is 6.42 Å². The molecular formula is C10H13NO4. The molecule has 0 saturated heterocycles. The second-order valence-corrected chi connectivity index (χ2v) is 2.95. The van der Waals surface area contributed by atoms with Crippen LogP contribution >= 0.6 is 0 Å². The van der Waals surface area contributed by atoms with E-state index in [1.165, 1.54) is 7.11 Å². The Morgan fingerprint density at radius 2 is 2.13 bits per heavy atom. The topological polar surface area (TPSA) is 67.8 Å². The highest BCUT2D eigenvalue weighted by Gasteiger charge is 2.17. The van der Waals surface area contributed by atoms with Gasteiger partial charge in [-0.25, -0.2) is 4.89 Å². The van der Waals surface area contributed by atoms with Gasteiger partial charge >= 0.3 is 5.97 Å². The number of carbonyl (C=O) groups is 1. The van der Waals surface area contributed by atoms with E-state index in [1.54, 1.807) is 0 Å².